The van der Waals surface area contributed by atoms with E-state index < -0.39 is 0 Å². The molecule has 2 heteroatoms. The van der Waals surface area contributed by atoms with Crippen molar-refractivity contribution in [2.24, 2.45) is 0 Å². The molecule has 0 saturated heterocycles. The molecule has 0 amide bonds. The van der Waals surface area contributed by atoms with Gasteiger partial charge in [0.05, 0.1) is 5.52 Å². The smallest absolute Gasteiger partial charge is 0.0703 e. The van der Waals surface area contributed by atoms with Crippen LogP contribution in [0.5, 0.6) is 0 Å². The third kappa shape index (κ3) is 3.06. The molecule has 1 N–H and O–H groups in total. The van der Waals surface area contributed by atoms with Gasteiger partial charge in [-0.1, -0.05) is 12.1 Å². The second-order valence-corrected chi connectivity index (χ2v) is 4.32. The van der Waals surface area contributed by atoms with E-state index in [2.05, 4.69) is 48.1 Å². The molecule has 1 aromatic heterocycles. The van der Waals surface area contributed by atoms with Gasteiger partial charge in [0.2, 0.25) is 0 Å². The number of allylic oxidation sites excluding steroid dienone is 1. The maximum atomic E-state index is 4.31. The zero-order chi connectivity index (χ0) is 12.1. The monoisotopic (exact) mass is 226 g/mol. The first kappa shape index (κ1) is 11.6. The lowest BCUT2D eigenvalue weighted by Gasteiger charge is -2.14. The van der Waals surface area contributed by atoms with Crippen LogP contribution in [0.3, 0.4) is 0 Å². The van der Waals surface area contributed by atoms with E-state index in [0.717, 1.165) is 24.0 Å². The van der Waals surface area contributed by atoms with Gasteiger partial charge in [0.1, 0.15) is 0 Å². The van der Waals surface area contributed by atoms with E-state index in [4.69, 9.17) is 0 Å². The van der Waals surface area contributed by atoms with Gasteiger partial charge in [-0.25, -0.2) is 0 Å². The number of nitrogens with one attached hydrogen (secondary N) is 1. The summed E-state index contributed by atoms with van der Waals surface area (Å²) in [5.41, 5.74) is 2.19. The first-order valence-electron chi connectivity index (χ1n) is 6.02. The van der Waals surface area contributed by atoms with E-state index in [9.17, 15) is 0 Å². The first-order chi connectivity index (χ1) is 8.29. The average Bonchev–Trinajstić information content (AvgIpc) is 2.36. The van der Waals surface area contributed by atoms with Crippen molar-refractivity contribution in [3.05, 3.63) is 49.2 Å². The SMILES string of the molecule is C=CCCC(C)Nc1ccc2ncccc2c1. The van der Waals surface area contributed by atoms with Gasteiger partial charge in [0, 0.05) is 23.3 Å². The summed E-state index contributed by atoms with van der Waals surface area (Å²) in [7, 11) is 0. The van der Waals surface area contributed by atoms with Crippen molar-refractivity contribution in [2.75, 3.05) is 5.32 Å². The highest BCUT2D eigenvalue weighted by atomic mass is 14.9. The molecule has 1 heterocycles. The molecule has 1 atom stereocenters. The molecule has 88 valence electrons. The van der Waals surface area contributed by atoms with Crippen LogP contribution in [0.4, 0.5) is 5.69 Å². The lowest BCUT2D eigenvalue weighted by molar-refractivity contribution is 0.719. The third-order valence-corrected chi connectivity index (χ3v) is 2.82. The Morgan fingerprint density at radius 1 is 1.41 bits per heavy atom. The van der Waals surface area contributed by atoms with Crippen molar-refractivity contribution < 1.29 is 0 Å². The summed E-state index contributed by atoms with van der Waals surface area (Å²) in [4.78, 5) is 4.31. The molecule has 0 saturated carbocycles. The fourth-order valence-corrected chi connectivity index (χ4v) is 1.89. The van der Waals surface area contributed by atoms with Gasteiger partial charge in [-0.3, -0.25) is 4.98 Å². The van der Waals surface area contributed by atoms with E-state index in [1.807, 2.05) is 18.3 Å². The zero-order valence-corrected chi connectivity index (χ0v) is 10.2. The Kier molecular flexibility index (Phi) is 3.76. The summed E-state index contributed by atoms with van der Waals surface area (Å²) >= 11 is 0. The molecule has 0 radical (unpaired) electrons. The average molecular weight is 226 g/mol. The zero-order valence-electron chi connectivity index (χ0n) is 10.2. The number of fused-ring (bicyclic) bond motifs is 1. The van der Waals surface area contributed by atoms with Crippen LogP contribution in [-0.4, -0.2) is 11.0 Å². The summed E-state index contributed by atoms with van der Waals surface area (Å²) in [5, 5.41) is 4.67. The van der Waals surface area contributed by atoms with E-state index in [1.54, 1.807) is 0 Å². The lowest BCUT2D eigenvalue weighted by atomic mass is 10.1. The third-order valence-electron chi connectivity index (χ3n) is 2.82. The van der Waals surface area contributed by atoms with Crippen molar-refractivity contribution >= 4 is 16.6 Å². The normalized spacial score (nSPS) is 12.3. The van der Waals surface area contributed by atoms with Gasteiger partial charge < -0.3 is 5.32 Å². The van der Waals surface area contributed by atoms with Crippen LogP contribution in [0.25, 0.3) is 10.9 Å². The highest BCUT2D eigenvalue weighted by Gasteiger charge is 2.01. The number of hydrogen-bond acceptors (Lipinski definition) is 2. The molecule has 0 spiro atoms. The lowest BCUT2D eigenvalue weighted by Crippen LogP contribution is -2.14. The van der Waals surface area contributed by atoms with Crippen LogP contribution < -0.4 is 5.32 Å². The van der Waals surface area contributed by atoms with E-state index in [1.165, 1.54) is 5.39 Å². The second kappa shape index (κ2) is 5.48. The first-order valence-corrected chi connectivity index (χ1v) is 6.02. The standard InChI is InChI=1S/C15H18N2/c1-3-4-6-12(2)17-14-8-9-15-13(11-14)7-5-10-16-15/h3,5,7-12,17H,1,4,6H2,2H3. The Morgan fingerprint density at radius 3 is 3.12 bits per heavy atom. The maximum absolute atomic E-state index is 4.31. The fourth-order valence-electron chi connectivity index (χ4n) is 1.89. The summed E-state index contributed by atoms with van der Waals surface area (Å²) in [6.45, 7) is 5.94. The Hall–Kier alpha value is -1.83. The number of nitrogens with zero attached hydrogens (tertiary/aromatic N) is 1. The molecule has 0 aliphatic carbocycles. The number of rotatable bonds is 5. The van der Waals surface area contributed by atoms with Gasteiger partial charge in [-0.15, -0.1) is 6.58 Å². The molecule has 2 rings (SSSR count). The predicted octanol–water partition coefficient (Wildman–Crippen LogP) is 4.00. The topological polar surface area (TPSA) is 24.9 Å². The van der Waals surface area contributed by atoms with Crippen LogP contribution in [0.1, 0.15) is 19.8 Å². The van der Waals surface area contributed by atoms with Crippen molar-refractivity contribution in [2.45, 2.75) is 25.8 Å². The summed E-state index contributed by atoms with van der Waals surface area (Å²) < 4.78 is 0. The van der Waals surface area contributed by atoms with Crippen molar-refractivity contribution in [3.8, 4) is 0 Å². The molecule has 1 unspecified atom stereocenters. The van der Waals surface area contributed by atoms with Crippen molar-refractivity contribution in [1.29, 1.82) is 0 Å². The quantitative estimate of drug-likeness (QED) is 0.779. The summed E-state index contributed by atoms with van der Waals surface area (Å²) in [6, 6.07) is 10.8. The number of hydrogen-bond donors (Lipinski definition) is 1. The number of benzene rings is 1. The van der Waals surface area contributed by atoms with E-state index in [-0.39, 0.29) is 0 Å². The predicted molar refractivity (Wildman–Crippen MR) is 74.3 cm³/mol. The molecular formula is C15H18N2. The summed E-state index contributed by atoms with van der Waals surface area (Å²) in [6.07, 6.45) is 5.93. The van der Waals surface area contributed by atoms with E-state index >= 15 is 0 Å². The largest absolute Gasteiger partial charge is 0.383 e. The van der Waals surface area contributed by atoms with Gasteiger partial charge in [-0.2, -0.15) is 0 Å². The minimum absolute atomic E-state index is 0.460. The molecule has 2 aromatic rings. The Balaban J connectivity index is 2.11. The van der Waals surface area contributed by atoms with Crippen LogP contribution in [0, 0.1) is 0 Å². The molecule has 0 fully saturated rings. The number of aromatic nitrogens is 1. The Bertz CT molecular complexity index is 505. The minimum Gasteiger partial charge on any atom is -0.383 e. The van der Waals surface area contributed by atoms with Gasteiger partial charge in [0.25, 0.3) is 0 Å². The van der Waals surface area contributed by atoms with Crippen LogP contribution in [-0.2, 0) is 0 Å². The van der Waals surface area contributed by atoms with Crippen LogP contribution in [0.15, 0.2) is 49.2 Å². The number of anilines is 1. The Morgan fingerprint density at radius 2 is 2.29 bits per heavy atom. The molecule has 0 aliphatic rings. The van der Waals surface area contributed by atoms with Crippen molar-refractivity contribution in [3.63, 3.8) is 0 Å². The van der Waals surface area contributed by atoms with Gasteiger partial charge in [0.15, 0.2) is 0 Å². The second-order valence-electron chi connectivity index (χ2n) is 4.32. The van der Waals surface area contributed by atoms with Gasteiger partial charge >= 0.3 is 0 Å². The summed E-state index contributed by atoms with van der Waals surface area (Å²) in [5.74, 6) is 0. The maximum Gasteiger partial charge on any atom is 0.0703 e. The minimum atomic E-state index is 0.460. The van der Waals surface area contributed by atoms with Gasteiger partial charge in [-0.05, 0) is 44.0 Å². The molecular weight excluding hydrogens is 208 g/mol. The fraction of sp³-hybridized carbons (Fsp3) is 0.267. The highest BCUT2D eigenvalue weighted by Crippen LogP contribution is 2.18. The highest BCUT2D eigenvalue weighted by molar-refractivity contribution is 5.82. The number of pyridine rings is 1. The molecule has 17 heavy (non-hydrogen) atoms. The van der Waals surface area contributed by atoms with Crippen LogP contribution >= 0.6 is 0 Å². The van der Waals surface area contributed by atoms with E-state index in [0.29, 0.717) is 6.04 Å². The molecule has 2 nitrogen and oxygen atoms in total. The van der Waals surface area contributed by atoms with Crippen LogP contribution in [0.2, 0.25) is 0 Å². The molecule has 0 bridgehead atoms. The van der Waals surface area contributed by atoms with Crippen molar-refractivity contribution in [1.82, 2.24) is 4.98 Å². The molecule has 0 aliphatic heterocycles. The molecule has 1 aromatic carbocycles. The Labute approximate surface area is 102 Å².